The second-order valence-corrected chi connectivity index (χ2v) is 6.84. The molecule has 2 aromatic heterocycles. The Morgan fingerprint density at radius 2 is 1.91 bits per heavy atom. The maximum Gasteiger partial charge on any atom is 0.289 e. The lowest BCUT2D eigenvalue weighted by molar-refractivity contribution is -0.364. The minimum Gasteiger partial charge on any atom is -0.286 e. The second-order valence-electron chi connectivity index (χ2n) is 5.52. The van der Waals surface area contributed by atoms with Gasteiger partial charge in [-0.25, -0.2) is 4.98 Å². The van der Waals surface area contributed by atoms with Crippen LogP contribution >= 0.6 is 11.3 Å². The van der Waals surface area contributed by atoms with E-state index in [1.54, 1.807) is 11.3 Å². The van der Waals surface area contributed by atoms with E-state index < -0.39 is 0 Å². The number of nitrogens with zero attached hydrogens (tertiary/aromatic N) is 2. The number of nitrogens with one attached hydrogen (secondary N) is 1. The Kier molecular flexibility index (Phi) is 3.52. The molecule has 5 heteroatoms. The van der Waals surface area contributed by atoms with E-state index in [2.05, 4.69) is 42.3 Å². The Morgan fingerprint density at radius 3 is 2.48 bits per heavy atom. The lowest BCUT2D eigenvalue weighted by Crippen LogP contribution is -2.20. The van der Waals surface area contributed by atoms with Gasteiger partial charge in [0.15, 0.2) is 5.69 Å². The van der Waals surface area contributed by atoms with E-state index >= 15 is 0 Å². The van der Waals surface area contributed by atoms with Crippen molar-refractivity contribution in [3.8, 4) is 12.1 Å². The largest absolute Gasteiger partial charge is 0.289 e. The number of aromatic amines is 1. The maximum absolute atomic E-state index is 9.52. The fraction of sp³-hybridized carbons (Fsp3) is 0.167. The van der Waals surface area contributed by atoms with Crippen molar-refractivity contribution in [3.63, 3.8) is 0 Å². The van der Waals surface area contributed by atoms with Gasteiger partial charge in [-0.2, -0.15) is 10.5 Å². The van der Waals surface area contributed by atoms with Gasteiger partial charge in [0, 0.05) is 15.3 Å². The minimum absolute atomic E-state index is 0.303. The molecular weight excluding hydrogens is 304 g/mol. The predicted octanol–water partition coefficient (Wildman–Crippen LogP) is 3.48. The highest BCUT2D eigenvalue weighted by atomic mass is 32.1. The Hall–Kier alpha value is -2.89. The first-order chi connectivity index (χ1) is 11.0. The Bertz CT molecular complexity index is 978. The number of allylic oxidation sites excluding steroid dienone is 3. The molecule has 3 N–H and O–H groups in total. The van der Waals surface area contributed by atoms with E-state index in [1.165, 1.54) is 4.88 Å². The van der Waals surface area contributed by atoms with Crippen LogP contribution in [0.5, 0.6) is 0 Å². The number of thiophene rings is 1. The number of H-pyrrole nitrogens is 1. The summed E-state index contributed by atoms with van der Waals surface area (Å²) in [6.07, 6.45) is 2.08. The molecule has 0 amide bonds. The number of aromatic nitrogens is 1. The van der Waals surface area contributed by atoms with E-state index in [9.17, 15) is 10.5 Å². The Morgan fingerprint density at radius 1 is 1.17 bits per heavy atom. The highest BCUT2D eigenvalue weighted by Gasteiger charge is 2.32. The molecule has 0 unspecified atom stereocenters. The van der Waals surface area contributed by atoms with Gasteiger partial charge in [-0.15, -0.1) is 11.3 Å². The number of nitriles is 2. The van der Waals surface area contributed by atoms with Gasteiger partial charge in [0.25, 0.3) is 5.82 Å². The van der Waals surface area contributed by atoms with Gasteiger partial charge in [-0.3, -0.25) is 5.73 Å². The Labute approximate surface area is 138 Å². The molecule has 1 aliphatic carbocycles. The molecule has 0 aliphatic heterocycles. The van der Waals surface area contributed by atoms with Crippen molar-refractivity contribution in [1.82, 2.24) is 0 Å². The molecular formula is C18H15N4S+. The molecule has 0 atom stereocenters. The maximum atomic E-state index is 9.52. The van der Waals surface area contributed by atoms with Crippen LogP contribution in [0.3, 0.4) is 0 Å². The van der Waals surface area contributed by atoms with E-state index in [1.807, 2.05) is 13.8 Å². The van der Waals surface area contributed by atoms with Crippen LogP contribution in [0.15, 0.2) is 17.7 Å². The third-order valence-electron chi connectivity index (χ3n) is 4.10. The van der Waals surface area contributed by atoms with Crippen LogP contribution in [-0.2, 0) is 0 Å². The number of pyridine rings is 1. The SMILES string of the molecule is CC1=C(C#N)c2[nH+]c(N)c(C#N)c(C)c2/C1=C/c1ccc(C)s1. The average Bonchev–Trinajstić information content (AvgIpc) is 3.02. The minimum atomic E-state index is 0.303. The summed E-state index contributed by atoms with van der Waals surface area (Å²) in [4.78, 5) is 5.39. The molecule has 0 fully saturated rings. The topological polar surface area (TPSA) is 87.7 Å². The van der Waals surface area contributed by atoms with Crippen LogP contribution in [-0.4, -0.2) is 0 Å². The number of rotatable bonds is 1. The molecule has 3 rings (SSSR count). The zero-order chi connectivity index (χ0) is 16.7. The molecule has 0 spiro atoms. The van der Waals surface area contributed by atoms with Crippen molar-refractivity contribution in [2.24, 2.45) is 0 Å². The molecule has 23 heavy (non-hydrogen) atoms. The molecule has 0 radical (unpaired) electrons. The number of aryl methyl sites for hydroxylation is 1. The fourth-order valence-corrected chi connectivity index (χ4v) is 3.77. The zero-order valence-corrected chi connectivity index (χ0v) is 13.9. The summed E-state index contributed by atoms with van der Waals surface area (Å²) in [7, 11) is 0. The van der Waals surface area contributed by atoms with Crippen LogP contribution in [0.1, 0.15) is 39.1 Å². The second kappa shape index (κ2) is 5.39. The van der Waals surface area contributed by atoms with Crippen molar-refractivity contribution in [3.05, 3.63) is 49.8 Å². The molecule has 0 aromatic carbocycles. The number of nitrogens with two attached hydrogens (primary N) is 1. The number of nitrogen functional groups attached to an aromatic ring is 1. The number of hydrogen-bond acceptors (Lipinski definition) is 4. The molecule has 0 saturated carbocycles. The summed E-state index contributed by atoms with van der Waals surface area (Å²) >= 11 is 1.70. The molecule has 0 bridgehead atoms. The van der Waals surface area contributed by atoms with Crippen LogP contribution in [0.25, 0.3) is 17.2 Å². The van der Waals surface area contributed by atoms with Crippen LogP contribution in [0, 0.1) is 36.5 Å². The number of fused-ring (bicyclic) bond motifs is 1. The number of anilines is 1. The first kappa shape index (κ1) is 15.0. The highest BCUT2D eigenvalue weighted by molar-refractivity contribution is 7.12. The standard InChI is InChI=1S/C18H14N4S/c1-9-4-5-12(23-9)6-13-10(2)14(7-19)17-16(13)11(3)15(8-20)18(21)22-17/h4-6H,1-3H3,(H2,21,22)/p+1/b13-6+. The molecule has 0 saturated heterocycles. The van der Waals surface area contributed by atoms with Gasteiger partial charge in [-0.1, -0.05) is 0 Å². The lowest BCUT2D eigenvalue weighted by Gasteiger charge is -2.07. The quantitative estimate of drug-likeness (QED) is 0.872. The summed E-state index contributed by atoms with van der Waals surface area (Å²) in [5, 5.41) is 18.9. The van der Waals surface area contributed by atoms with Crippen molar-refractivity contribution in [2.75, 3.05) is 5.73 Å². The summed E-state index contributed by atoms with van der Waals surface area (Å²) in [6, 6.07) is 8.53. The van der Waals surface area contributed by atoms with Crippen LogP contribution in [0.4, 0.5) is 5.82 Å². The fourth-order valence-electron chi connectivity index (χ4n) is 2.95. The molecule has 2 heterocycles. The predicted molar refractivity (Wildman–Crippen MR) is 92.0 cm³/mol. The van der Waals surface area contributed by atoms with E-state index in [0.29, 0.717) is 22.6 Å². The molecule has 2 aromatic rings. The Balaban J connectivity index is 2.34. The molecule has 1 aliphatic rings. The zero-order valence-electron chi connectivity index (χ0n) is 13.1. The lowest BCUT2D eigenvalue weighted by atomic mass is 9.97. The molecule has 112 valence electrons. The monoisotopic (exact) mass is 319 g/mol. The van der Waals surface area contributed by atoms with Gasteiger partial charge >= 0.3 is 0 Å². The van der Waals surface area contributed by atoms with Crippen molar-refractivity contribution in [1.29, 1.82) is 10.5 Å². The first-order valence-electron chi connectivity index (χ1n) is 7.13. The first-order valence-corrected chi connectivity index (χ1v) is 7.95. The van der Waals surface area contributed by atoms with Crippen LogP contribution < -0.4 is 10.7 Å². The van der Waals surface area contributed by atoms with Crippen LogP contribution in [0.2, 0.25) is 0 Å². The van der Waals surface area contributed by atoms with Gasteiger partial charge in [-0.05, 0) is 55.7 Å². The van der Waals surface area contributed by atoms with Crippen molar-refractivity contribution >= 4 is 34.4 Å². The van der Waals surface area contributed by atoms with E-state index in [0.717, 1.165) is 27.2 Å². The molecule has 4 nitrogen and oxygen atoms in total. The van der Waals surface area contributed by atoms with Crippen molar-refractivity contribution in [2.45, 2.75) is 20.8 Å². The summed E-state index contributed by atoms with van der Waals surface area (Å²) in [5.74, 6) is 0.303. The number of hydrogen-bond donors (Lipinski definition) is 1. The van der Waals surface area contributed by atoms with E-state index in [4.69, 9.17) is 5.73 Å². The summed E-state index contributed by atoms with van der Waals surface area (Å²) < 4.78 is 0. The van der Waals surface area contributed by atoms with Gasteiger partial charge in [0.2, 0.25) is 0 Å². The van der Waals surface area contributed by atoms with Gasteiger partial charge in [0.1, 0.15) is 23.3 Å². The smallest absolute Gasteiger partial charge is 0.286 e. The van der Waals surface area contributed by atoms with Gasteiger partial charge < -0.3 is 0 Å². The third-order valence-corrected chi connectivity index (χ3v) is 5.05. The highest BCUT2D eigenvalue weighted by Crippen LogP contribution is 2.43. The third kappa shape index (κ3) is 2.23. The normalized spacial score (nSPS) is 14.7. The van der Waals surface area contributed by atoms with Crippen molar-refractivity contribution < 1.29 is 4.98 Å². The van der Waals surface area contributed by atoms with Gasteiger partial charge in [0.05, 0.1) is 0 Å². The van der Waals surface area contributed by atoms with E-state index in [-0.39, 0.29) is 0 Å². The summed E-state index contributed by atoms with van der Waals surface area (Å²) in [6.45, 7) is 5.87. The summed E-state index contributed by atoms with van der Waals surface area (Å²) in [5.41, 5.74) is 11.3. The average molecular weight is 319 g/mol.